The number of nitrogens with zero attached hydrogens (tertiary/aromatic N) is 2. The molecule has 2 heterocycles. The SMILES string of the molecule is Cn1cccc1/C=C1\SC(=S)N(c2cccc(C(F)(F)F)c2)C1=O. The molecular weight excluding hydrogens is 357 g/mol. The molecule has 124 valence electrons. The van der Waals surface area contributed by atoms with E-state index in [4.69, 9.17) is 12.2 Å². The van der Waals surface area contributed by atoms with Gasteiger partial charge in [-0.2, -0.15) is 13.2 Å². The molecule has 8 heteroatoms. The van der Waals surface area contributed by atoms with Crippen molar-refractivity contribution in [3.05, 3.63) is 58.8 Å². The highest BCUT2D eigenvalue weighted by Crippen LogP contribution is 2.38. The second-order valence-electron chi connectivity index (χ2n) is 5.11. The second kappa shape index (κ2) is 6.10. The molecule has 0 radical (unpaired) electrons. The number of benzene rings is 1. The van der Waals surface area contributed by atoms with E-state index < -0.39 is 17.6 Å². The molecule has 0 saturated carbocycles. The van der Waals surface area contributed by atoms with Crippen LogP contribution in [-0.4, -0.2) is 14.8 Å². The van der Waals surface area contributed by atoms with Gasteiger partial charge in [-0.3, -0.25) is 9.69 Å². The van der Waals surface area contributed by atoms with Crippen LogP contribution in [0, 0.1) is 0 Å². The quantitative estimate of drug-likeness (QED) is 0.578. The molecule has 0 unspecified atom stereocenters. The maximum atomic E-state index is 12.9. The van der Waals surface area contributed by atoms with Crippen molar-refractivity contribution in [3.63, 3.8) is 0 Å². The number of thioether (sulfide) groups is 1. The lowest BCUT2D eigenvalue weighted by Crippen LogP contribution is -2.27. The maximum absolute atomic E-state index is 12.9. The van der Waals surface area contributed by atoms with Gasteiger partial charge in [0.25, 0.3) is 5.91 Å². The summed E-state index contributed by atoms with van der Waals surface area (Å²) in [6, 6.07) is 8.25. The maximum Gasteiger partial charge on any atom is 0.416 e. The lowest BCUT2D eigenvalue weighted by molar-refractivity contribution is -0.137. The van der Waals surface area contributed by atoms with E-state index in [0.717, 1.165) is 34.5 Å². The largest absolute Gasteiger partial charge is 0.416 e. The number of amides is 1. The Hall–Kier alpha value is -2.06. The molecule has 0 spiro atoms. The highest BCUT2D eigenvalue weighted by atomic mass is 32.2. The summed E-state index contributed by atoms with van der Waals surface area (Å²) in [5.74, 6) is -0.425. The molecule has 1 aliphatic heterocycles. The Bertz CT molecular complexity index is 855. The molecule has 0 aliphatic carbocycles. The fraction of sp³-hybridized carbons (Fsp3) is 0.125. The zero-order valence-electron chi connectivity index (χ0n) is 12.4. The third-order valence-electron chi connectivity index (χ3n) is 3.49. The van der Waals surface area contributed by atoms with Crippen molar-refractivity contribution in [2.24, 2.45) is 7.05 Å². The van der Waals surface area contributed by atoms with E-state index in [2.05, 4.69) is 0 Å². The third kappa shape index (κ3) is 3.11. The molecule has 0 N–H and O–H groups in total. The minimum absolute atomic E-state index is 0.114. The molecule has 0 atom stereocenters. The van der Waals surface area contributed by atoms with Crippen LogP contribution in [0.25, 0.3) is 6.08 Å². The normalized spacial score (nSPS) is 17.2. The van der Waals surface area contributed by atoms with Gasteiger partial charge in [0.1, 0.15) is 0 Å². The number of alkyl halides is 3. The van der Waals surface area contributed by atoms with Gasteiger partial charge < -0.3 is 4.57 Å². The fourth-order valence-electron chi connectivity index (χ4n) is 2.27. The van der Waals surface area contributed by atoms with Crippen molar-refractivity contribution in [2.75, 3.05) is 4.90 Å². The van der Waals surface area contributed by atoms with Crippen LogP contribution in [-0.2, 0) is 18.0 Å². The highest BCUT2D eigenvalue weighted by Gasteiger charge is 2.36. The van der Waals surface area contributed by atoms with E-state index >= 15 is 0 Å². The molecule has 24 heavy (non-hydrogen) atoms. The average molecular weight is 368 g/mol. The summed E-state index contributed by atoms with van der Waals surface area (Å²) in [7, 11) is 1.83. The fourth-order valence-corrected chi connectivity index (χ4v) is 3.55. The predicted octanol–water partition coefficient (Wildman–Crippen LogP) is 4.45. The summed E-state index contributed by atoms with van der Waals surface area (Å²) in [4.78, 5) is 14.1. The van der Waals surface area contributed by atoms with Crippen LogP contribution in [0.1, 0.15) is 11.3 Å². The number of thiocarbonyl (C=S) groups is 1. The smallest absolute Gasteiger partial charge is 0.351 e. The minimum Gasteiger partial charge on any atom is -0.351 e. The number of aryl methyl sites for hydroxylation is 1. The zero-order valence-corrected chi connectivity index (χ0v) is 14.0. The van der Waals surface area contributed by atoms with Crippen LogP contribution in [0.5, 0.6) is 0 Å². The number of anilines is 1. The summed E-state index contributed by atoms with van der Waals surface area (Å²) in [6.07, 6.45) is -0.971. The third-order valence-corrected chi connectivity index (χ3v) is 4.79. The first-order chi connectivity index (χ1) is 11.3. The van der Waals surface area contributed by atoms with Gasteiger partial charge in [-0.1, -0.05) is 30.0 Å². The molecule has 3 rings (SSSR count). The first-order valence-electron chi connectivity index (χ1n) is 6.84. The van der Waals surface area contributed by atoms with Gasteiger partial charge in [-0.05, 0) is 36.4 Å². The van der Waals surface area contributed by atoms with Crippen molar-refractivity contribution < 1.29 is 18.0 Å². The van der Waals surface area contributed by atoms with Gasteiger partial charge in [0.15, 0.2) is 4.32 Å². The van der Waals surface area contributed by atoms with Gasteiger partial charge >= 0.3 is 6.18 Å². The van der Waals surface area contributed by atoms with E-state index in [0.29, 0.717) is 4.91 Å². The van der Waals surface area contributed by atoms with Crippen LogP contribution < -0.4 is 4.90 Å². The Morgan fingerprint density at radius 3 is 2.58 bits per heavy atom. The summed E-state index contributed by atoms with van der Waals surface area (Å²) in [5.41, 5.74) is 0.0996. The molecule has 0 bridgehead atoms. The van der Waals surface area contributed by atoms with Crippen molar-refractivity contribution in [3.8, 4) is 0 Å². The van der Waals surface area contributed by atoms with E-state index in [-0.39, 0.29) is 10.0 Å². The Kier molecular flexibility index (Phi) is 4.27. The Morgan fingerprint density at radius 1 is 1.21 bits per heavy atom. The standard InChI is InChI=1S/C16H11F3N2OS2/c1-20-7-3-6-11(20)9-13-14(22)21(15(23)24-13)12-5-2-4-10(8-12)16(17,18)19/h2-9H,1H3/b13-9-. The van der Waals surface area contributed by atoms with E-state index in [1.54, 1.807) is 6.08 Å². The van der Waals surface area contributed by atoms with Crippen LogP contribution in [0.3, 0.4) is 0 Å². The van der Waals surface area contributed by atoms with Gasteiger partial charge in [0.05, 0.1) is 16.2 Å². The summed E-state index contributed by atoms with van der Waals surface area (Å²) >= 11 is 6.25. The topological polar surface area (TPSA) is 25.2 Å². The number of hydrogen-bond acceptors (Lipinski definition) is 3. The van der Waals surface area contributed by atoms with Crippen LogP contribution >= 0.6 is 24.0 Å². The molecule has 1 aliphatic rings. The Balaban J connectivity index is 1.96. The number of rotatable bonds is 2. The highest BCUT2D eigenvalue weighted by molar-refractivity contribution is 8.27. The summed E-state index contributed by atoms with van der Waals surface area (Å²) in [5, 5.41) is 0. The number of aromatic nitrogens is 1. The summed E-state index contributed by atoms with van der Waals surface area (Å²) < 4.78 is 40.6. The lowest BCUT2D eigenvalue weighted by atomic mass is 10.2. The van der Waals surface area contributed by atoms with E-state index in [1.807, 2.05) is 29.9 Å². The predicted molar refractivity (Wildman–Crippen MR) is 92.5 cm³/mol. The van der Waals surface area contributed by atoms with Gasteiger partial charge in [-0.15, -0.1) is 0 Å². The van der Waals surface area contributed by atoms with Gasteiger partial charge in [0.2, 0.25) is 0 Å². The Labute approximate surface area is 145 Å². The van der Waals surface area contributed by atoms with Crippen molar-refractivity contribution in [1.29, 1.82) is 0 Å². The van der Waals surface area contributed by atoms with Crippen LogP contribution in [0.2, 0.25) is 0 Å². The number of carbonyl (C=O) groups is 1. The molecule has 1 amide bonds. The van der Waals surface area contributed by atoms with Crippen molar-refractivity contribution >= 4 is 46.0 Å². The molecule has 2 aromatic rings. The summed E-state index contributed by atoms with van der Waals surface area (Å²) in [6.45, 7) is 0. The van der Waals surface area contributed by atoms with Crippen molar-refractivity contribution in [1.82, 2.24) is 4.57 Å². The number of carbonyl (C=O) groups excluding carboxylic acids is 1. The zero-order chi connectivity index (χ0) is 17.5. The van der Waals surface area contributed by atoms with E-state index in [1.165, 1.54) is 12.1 Å². The van der Waals surface area contributed by atoms with Gasteiger partial charge in [-0.25, -0.2) is 0 Å². The van der Waals surface area contributed by atoms with E-state index in [9.17, 15) is 18.0 Å². The first kappa shape index (κ1) is 16.8. The molecule has 1 aromatic heterocycles. The van der Waals surface area contributed by atoms with Crippen molar-refractivity contribution in [2.45, 2.75) is 6.18 Å². The number of halogens is 3. The molecule has 1 fully saturated rings. The minimum atomic E-state index is -4.48. The Morgan fingerprint density at radius 2 is 1.96 bits per heavy atom. The average Bonchev–Trinajstić information content (AvgIpc) is 3.03. The first-order valence-corrected chi connectivity index (χ1v) is 8.06. The van der Waals surface area contributed by atoms with Crippen LogP contribution in [0.15, 0.2) is 47.5 Å². The lowest BCUT2D eigenvalue weighted by Gasteiger charge is -2.16. The van der Waals surface area contributed by atoms with Gasteiger partial charge in [0, 0.05) is 18.9 Å². The monoisotopic (exact) mass is 368 g/mol. The molecular formula is C16H11F3N2OS2. The number of hydrogen-bond donors (Lipinski definition) is 0. The second-order valence-corrected chi connectivity index (χ2v) is 6.78. The molecule has 3 nitrogen and oxygen atoms in total. The molecule has 1 saturated heterocycles. The van der Waals surface area contributed by atoms with Crippen LogP contribution in [0.4, 0.5) is 18.9 Å². The molecule has 1 aromatic carbocycles.